The third-order valence-corrected chi connectivity index (χ3v) is 7.79. The van der Waals surface area contributed by atoms with Crippen LogP contribution in [0.5, 0.6) is 5.75 Å². The molecule has 0 unspecified atom stereocenters. The molecular formula is C36H28N8OS. The summed E-state index contributed by atoms with van der Waals surface area (Å²) in [5.74, 6) is 0.603. The summed E-state index contributed by atoms with van der Waals surface area (Å²) in [6.07, 6.45) is 0. The lowest BCUT2D eigenvalue weighted by atomic mass is 10.0. The van der Waals surface area contributed by atoms with E-state index in [-0.39, 0.29) is 0 Å². The van der Waals surface area contributed by atoms with Crippen LogP contribution in [0.1, 0.15) is 11.4 Å². The molecule has 1 aliphatic rings. The number of thiocarbonyl (C=S) groups is 1. The number of hydrogen-bond donors (Lipinski definition) is 1. The molecule has 0 saturated heterocycles. The Morgan fingerprint density at radius 1 is 0.652 bits per heavy atom. The summed E-state index contributed by atoms with van der Waals surface area (Å²) in [4.78, 5) is 31.4. The van der Waals surface area contributed by atoms with Crippen LogP contribution in [0.15, 0.2) is 108 Å². The predicted octanol–water partition coefficient (Wildman–Crippen LogP) is 6.97. The Labute approximate surface area is 271 Å². The lowest BCUT2D eigenvalue weighted by molar-refractivity contribution is 0.258. The fraction of sp³-hybridized carbons (Fsp3) is 0.111. The first-order chi connectivity index (χ1) is 22.6. The molecular weight excluding hydrogens is 593 g/mol. The maximum Gasteiger partial charge on any atom is 0.145 e. The zero-order valence-electron chi connectivity index (χ0n) is 25.0. The van der Waals surface area contributed by atoms with Crippen LogP contribution in [-0.4, -0.2) is 48.8 Å². The fourth-order valence-corrected chi connectivity index (χ4v) is 5.57. The van der Waals surface area contributed by atoms with Crippen LogP contribution in [0.2, 0.25) is 0 Å². The Balaban J connectivity index is 1.46. The van der Waals surface area contributed by atoms with E-state index >= 15 is 0 Å². The van der Waals surface area contributed by atoms with Gasteiger partial charge in [0.05, 0.1) is 69.2 Å². The summed E-state index contributed by atoms with van der Waals surface area (Å²) in [7, 11) is 1.60. The van der Waals surface area contributed by atoms with Crippen molar-refractivity contribution in [1.29, 1.82) is 0 Å². The first-order valence-corrected chi connectivity index (χ1v) is 15.1. The standard InChI is InChI=1S/C36H28N8OS/c1-45-36-15-14-23(16-35(36)38-22-46)24-17-33-31-12-4-10-29(41-31)27-8-2-6-25(39-27)19-44(21-37)20-26-7-3-9-28(40-26)30-11-5-13-32(42-30)34(18-24)43-33/h2-18H,19-21,37H2,1H3. The molecule has 0 fully saturated rings. The third-order valence-electron chi connectivity index (χ3n) is 7.69. The molecule has 9 nitrogen and oxygen atoms in total. The summed E-state index contributed by atoms with van der Waals surface area (Å²) in [5, 5.41) is 2.45. The highest BCUT2D eigenvalue weighted by molar-refractivity contribution is 7.78. The summed E-state index contributed by atoms with van der Waals surface area (Å²) < 4.78 is 5.49. The molecule has 0 saturated carbocycles. The molecule has 0 spiro atoms. The summed E-state index contributed by atoms with van der Waals surface area (Å²) in [6, 6.07) is 33.5. The van der Waals surface area contributed by atoms with Crippen LogP contribution < -0.4 is 10.5 Å². The minimum atomic E-state index is 0.357. The van der Waals surface area contributed by atoms with E-state index in [2.05, 4.69) is 15.1 Å². The van der Waals surface area contributed by atoms with Gasteiger partial charge in [-0.1, -0.05) is 30.3 Å². The number of isothiocyanates is 1. The van der Waals surface area contributed by atoms with E-state index in [1.54, 1.807) is 7.11 Å². The van der Waals surface area contributed by atoms with Gasteiger partial charge in [0.15, 0.2) is 0 Å². The van der Waals surface area contributed by atoms with Gasteiger partial charge in [0.2, 0.25) is 0 Å². The SMILES string of the molecule is COc1ccc(-c2cc3nc(c2)-c2cccc(n2)-c2cccc(n2)CN(CN)Cc2cccc(n2)-c2cccc-3n2)cc1N=C=S. The van der Waals surface area contributed by atoms with Gasteiger partial charge in [-0.25, -0.2) is 24.9 Å². The third kappa shape index (κ3) is 6.06. The second-order valence-corrected chi connectivity index (χ2v) is 10.9. The van der Waals surface area contributed by atoms with Crippen LogP contribution in [-0.2, 0) is 13.1 Å². The summed E-state index contributed by atoms with van der Waals surface area (Å²) in [6.45, 7) is 1.48. The molecule has 10 bridgehead atoms. The van der Waals surface area contributed by atoms with E-state index in [0.717, 1.165) is 45.3 Å². The van der Waals surface area contributed by atoms with E-state index < -0.39 is 0 Å². The molecule has 2 N–H and O–H groups in total. The second-order valence-electron chi connectivity index (χ2n) is 10.7. The molecule has 0 atom stereocenters. The van der Waals surface area contributed by atoms with Crippen LogP contribution in [0, 0.1) is 0 Å². The number of methoxy groups -OCH3 is 1. The predicted molar refractivity (Wildman–Crippen MR) is 182 cm³/mol. The second kappa shape index (κ2) is 12.8. The van der Waals surface area contributed by atoms with Crippen LogP contribution in [0.4, 0.5) is 5.69 Å². The highest BCUT2D eigenvalue weighted by Gasteiger charge is 2.16. The normalized spacial score (nSPS) is 12.4. The number of ether oxygens (including phenoxy) is 1. The van der Waals surface area contributed by atoms with Gasteiger partial charge in [-0.3, -0.25) is 4.90 Å². The first-order valence-electron chi connectivity index (χ1n) is 14.7. The molecule has 1 aliphatic heterocycles. The number of hydrogen-bond acceptors (Lipinski definition) is 10. The quantitative estimate of drug-likeness (QED) is 0.165. The Morgan fingerprint density at radius 3 is 1.63 bits per heavy atom. The van der Waals surface area contributed by atoms with E-state index in [9.17, 15) is 0 Å². The topological polar surface area (TPSA) is 115 Å². The minimum absolute atomic E-state index is 0.357. The average molecular weight is 621 g/mol. The Kier molecular flexibility index (Phi) is 8.16. The van der Waals surface area contributed by atoms with Gasteiger partial charge in [0.1, 0.15) is 11.4 Å². The number of rotatable bonds is 4. The molecule has 6 heterocycles. The Morgan fingerprint density at radius 2 is 1.13 bits per heavy atom. The van der Waals surface area contributed by atoms with Gasteiger partial charge in [-0.15, -0.1) is 0 Å². The van der Waals surface area contributed by atoms with E-state index in [4.69, 9.17) is 47.6 Å². The summed E-state index contributed by atoms with van der Waals surface area (Å²) >= 11 is 4.90. The van der Waals surface area contributed by atoms with Gasteiger partial charge in [0.25, 0.3) is 0 Å². The van der Waals surface area contributed by atoms with Crippen molar-refractivity contribution in [2.75, 3.05) is 13.8 Å². The van der Waals surface area contributed by atoms with Crippen molar-refractivity contribution in [3.05, 3.63) is 115 Å². The molecule has 10 heteroatoms. The zero-order valence-corrected chi connectivity index (χ0v) is 25.8. The van der Waals surface area contributed by atoms with Crippen LogP contribution in [0.3, 0.4) is 0 Å². The van der Waals surface area contributed by atoms with Gasteiger partial charge in [0, 0.05) is 19.8 Å². The van der Waals surface area contributed by atoms with E-state index in [1.165, 1.54) is 0 Å². The molecule has 0 amide bonds. The van der Waals surface area contributed by atoms with Gasteiger partial charge in [-0.05, 0) is 96.1 Å². The van der Waals surface area contributed by atoms with Gasteiger partial charge >= 0.3 is 0 Å². The number of benzene rings is 1. The zero-order chi connectivity index (χ0) is 31.5. The molecule has 7 rings (SSSR count). The van der Waals surface area contributed by atoms with Crippen molar-refractivity contribution in [2.24, 2.45) is 10.7 Å². The average Bonchev–Trinajstić information content (AvgIpc) is 3.11. The molecule has 46 heavy (non-hydrogen) atoms. The first kappa shape index (κ1) is 29.2. The molecule has 6 aromatic rings. The largest absolute Gasteiger partial charge is 0.494 e. The maximum absolute atomic E-state index is 6.18. The lowest BCUT2D eigenvalue weighted by Gasteiger charge is -2.20. The van der Waals surface area contributed by atoms with E-state index in [0.29, 0.717) is 54.0 Å². The van der Waals surface area contributed by atoms with Gasteiger partial charge in [-0.2, -0.15) is 4.99 Å². The van der Waals surface area contributed by atoms with Crippen LogP contribution >= 0.6 is 12.2 Å². The minimum Gasteiger partial charge on any atom is -0.494 e. The maximum atomic E-state index is 6.18. The number of aliphatic imine (C=N–C) groups is 1. The van der Waals surface area contributed by atoms with Crippen molar-refractivity contribution in [1.82, 2.24) is 29.8 Å². The summed E-state index contributed by atoms with van der Waals surface area (Å²) in [5.41, 5.74) is 16.1. The Hall–Kier alpha value is -5.51. The molecule has 5 aromatic heterocycles. The number of pyridine rings is 5. The highest BCUT2D eigenvalue weighted by Crippen LogP contribution is 2.36. The smallest absolute Gasteiger partial charge is 0.145 e. The van der Waals surface area contributed by atoms with Crippen molar-refractivity contribution in [3.63, 3.8) is 0 Å². The fourth-order valence-electron chi connectivity index (χ4n) is 5.47. The van der Waals surface area contributed by atoms with Crippen molar-refractivity contribution in [2.45, 2.75) is 13.1 Å². The van der Waals surface area contributed by atoms with E-state index in [1.807, 2.05) is 103 Å². The number of fused-ring (bicyclic) bond motifs is 14. The number of nitrogens with two attached hydrogens (primary N) is 1. The van der Waals surface area contributed by atoms with Crippen molar-refractivity contribution >= 4 is 23.1 Å². The molecule has 0 aliphatic carbocycles. The van der Waals surface area contributed by atoms with Gasteiger partial charge < -0.3 is 10.5 Å². The molecule has 224 valence electrons. The van der Waals surface area contributed by atoms with Crippen LogP contribution in [0.25, 0.3) is 56.7 Å². The number of nitrogens with zero attached hydrogens (tertiary/aromatic N) is 7. The Bertz CT molecular complexity index is 2020. The van der Waals surface area contributed by atoms with Crippen molar-refractivity contribution < 1.29 is 4.74 Å². The number of aromatic nitrogens is 5. The molecule has 0 radical (unpaired) electrons. The molecule has 1 aromatic carbocycles. The highest BCUT2D eigenvalue weighted by atomic mass is 32.1. The monoisotopic (exact) mass is 620 g/mol. The van der Waals surface area contributed by atoms with Crippen molar-refractivity contribution in [3.8, 4) is 62.4 Å². The lowest BCUT2D eigenvalue weighted by Crippen LogP contribution is -2.29.